The number of amides is 1. The summed E-state index contributed by atoms with van der Waals surface area (Å²) in [5, 5.41) is 15.9. The van der Waals surface area contributed by atoms with Gasteiger partial charge in [0, 0.05) is 71.1 Å². The van der Waals surface area contributed by atoms with E-state index in [4.69, 9.17) is 0 Å². The Bertz CT molecular complexity index is 1580. The lowest BCUT2D eigenvalue weighted by molar-refractivity contribution is -0.126. The second-order valence-corrected chi connectivity index (χ2v) is 9.38. The first-order chi connectivity index (χ1) is 16.5. The van der Waals surface area contributed by atoms with Crippen molar-refractivity contribution in [2.45, 2.75) is 11.8 Å². The number of anilines is 1. The third-order valence-corrected chi connectivity index (χ3v) is 7.55. The Kier molecular flexibility index (Phi) is 4.61. The van der Waals surface area contributed by atoms with Gasteiger partial charge in [-0.1, -0.05) is 18.7 Å². The van der Waals surface area contributed by atoms with Crippen molar-refractivity contribution in [1.82, 2.24) is 19.1 Å². The third kappa shape index (κ3) is 2.85. The molecule has 0 saturated carbocycles. The van der Waals surface area contributed by atoms with Crippen LogP contribution in [0.15, 0.2) is 48.1 Å². The first kappa shape index (κ1) is 20.7. The Morgan fingerprint density at radius 1 is 1.24 bits per heavy atom. The Hall–Kier alpha value is -3.90. The largest absolute Gasteiger partial charge is 0.366 e. The Morgan fingerprint density at radius 3 is 2.76 bits per heavy atom. The van der Waals surface area contributed by atoms with E-state index >= 15 is 4.39 Å². The highest BCUT2D eigenvalue weighted by Crippen LogP contribution is 2.48. The van der Waals surface area contributed by atoms with Crippen LogP contribution in [0.25, 0.3) is 32.9 Å². The molecule has 0 atom stereocenters. The van der Waals surface area contributed by atoms with Crippen LogP contribution >= 0.6 is 11.9 Å². The second-order valence-electron chi connectivity index (χ2n) is 8.41. The van der Waals surface area contributed by atoms with Crippen LogP contribution in [0, 0.1) is 24.1 Å². The number of pyridine rings is 1. The number of fused-ring (bicyclic) bond motifs is 3. The Morgan fingerprint density at radius 2 is 2.03 bits per heavy atom. The number of aryl methyl sites for hydroxylation is 1. The minimum Gasteiger partial charge on any atom is -0.366 e. The van der Waals surface area contributed by atoms with Gasteiger partial charge in [-0.15, -0.1) is 0 Å². The van der Waals surface area contributed by atoms with Crippen molar-refractivity contribution >= 4 is 45.3 Å². The topological polar surface area (TPSA) is 78.0 Å². The normalized spacial score (nSPS) is 14.9. The molecular weight excluding hydrogens is 451 g/mol. The molecule has 1 fully saturated rings. The fraction of sp³-hybridized carbons (Fsp3) is 0.200. The highest BCUT2D eigenvalue weighted by molar-refractivity contribution is 7.98. The standard InChI is InChI=1S/C25H19FN6OS/c1-3-19(33)30-6-8-31(9-7-30)24-16(11-27)12-28-23-17(24)10-18-21(22(23)26)20-14(2)4-5-15-13-29-32(34-18)25(15)20/h3-5,10,12-13H,1,6-9H2,2H3. The zero-order valence-electron chi connectivity index (χ0n) is 18.4. The molecule has 2 aliphatic heterocycles. The van der Waals surface area contributed by atoms with Gasteiger partial charge in [-0.05, 0) is 24.6 Å². The number of piperazine rings is 1. The van der Waals surface area contributed by atoms with Gasteiger partial charge in [-0.2, -0.15) is 10.4 Å². The van der Waals surface area contributed by atoms with Crippen molar-refractivity contribution in [1.29, 1.82) is 5.26 Å². The van der Waals surface area contributed by atoms with Crippen LogP contribution in [0.3, 0.4) is 0 Å². The van der Waals surface area contributed by atoms with Crippen molar-refractivity contribution in [3.8, 4) is 17.2 Å². The van der Waals surface area contributed by atoms with Crippen molar-refractivity contribution in [3.63, 3.8) is 0 Å². The molecule has 0 aliphatic carbocycles. The number of nitriles is 1. The maximum atomic E-state index is 16.2. The molecule has 1 saturated heterocycles. The second kappa shape index (κ2) is 7.57. The van der Waals surface area contributed by atoms with Crippen molar-refractivity contribution in [2.75, 3.05) is 31.1 Å². The van der Waals surface area contributed by atoms with E-state index in [-0.39, 0.29) is 11.4 Å². The molecule has 34 heavy (non-hydrogen) atoms. The van der Waals surface area contributed by atoms with E-state index in [1.165, 1.54) is 24.2 Å². The minimum atomic E-state index is -0.394. The maximum absolute atomic E-state index is 16.2. The highest BCUT2D eigenvalue weighted by Gasteiger charge is 2.30. The monoisotopic (exact) mass is 470 g/mol. The van der Waals surface area contributed by atoms with Crippen molar-refractivity contribution in [2.24, 2.45) is 0 Å². The van der Waals surface area contributed by atoms with Gasteiger partial charge in [0.15, 0.2) is 5.82 Å². The molecule has 7 nitrogen and oxygen atoms in total. The summed E-state index contributed by atoms with van der Waals surface area (Å²) in [6.07, 6.45) is 4.54. The fourth-order valence-corrected chi connectivity index (χ4v) is 5.96. The number of nitrogens with zero attached hydrogens (tertiary/aromatic N) is 6. The number of benzene rings is 2. The van der Waals surface area contributed by atoms with Gasteiger partial charge in [0.05, 0.1) is 23.0 Å². The molecule has 0 unspecified atom stereocenters. The molecule has 168 valence electrons. The maximum Gasteiger partial charge on any atom is 0.246 e. The molecule has 0 spiro atoms. The van der Waals surface area contributed by atoms with Crippen LogP contribution in [0.5, 0.6) is 0 Å². The van der Waals surface area contributed by atoms with Crippen LogP contribution in [-0.4, -0.2) is 51.2 Å². The average molecular weight is 471 g/mol. The number of carbonyl (C=O) groups is 1. The number of halogens is 1. The number of hydrogen-bond donors (Lipinski definition) is 0. The highest BCUT2D eigenvalue weighted by atomic mass is 32.2. The van der Waals surface area contributed by atoms with E-state index in [1.807, 2.05) is 34.1 Å². The van der Waals surface area contributed by atoms with Gasteiger partial charge < -0.3 is 9.80 Å². The summed E-state index contributed by atoms with van der Waals surface area (Å²) in [5.41, 5.74) is 4.49. The molecule has 0 radical (unpaired) electrons. The molecule has 6 rings (SSSR count). The SMILES string of the molecule is C=CC(=O)N1CCN(c2c(C#N)cnc3c(F)c4c(cc23)Sn2ncc3ccc(C)c-4c32)CC1. The molecule has 2 aliphatic rings. The molecule has 2 aromatic carbocycles. The third-order valence-electron chi connectivity index (χ3n) is 6.59. The first-order valence-electron chi connectivity index (χ1n) is 10.9. The molecule has 0 N–H and O–H groups in total. The van der Waals surface area contributed by atoms with Gasteiger partial charge in [0.25, 0.3) is 0 Å². The van der Waals surface area contributed by atoms with E-state index in [1.54, 1.807) is 11.1 Å². The smallest absolute Gasteiger partial charge is 0.246 e. The minimum absolute atomic E-state index is 0.115. The van der Waals surface area contributed by atoms with E-state index in [0.29, 0.717) is 48.4 Å². The van der Waals surface area contributed by atoms with Gasteiger partial charge >= 0.3 is 0 Å². The van der Waals surface area contributed by atoms with Crippen molar-refractivity contribution < 1.29 is 9.18 Å². The van der Waals surface area contributed by atoms with Crippen LogP contribution in [-0.2, 0) is 4.79 Å². The molecular formula is C25H19FN6OS. The average Bonchev–Trinajstić information content (AvgIpc) is 3.28. The lowest BCUT2D eigenvalue weighted by Crippen LogP contribution is -2.48. The zero-order valence-corrected chi connectivity index (χ0v) is 19.2. The number of carbonyl (C=O) groups excluding carboxylic acids is 1. The van der Waals surface area contributed by atoms with Crippen LogP contribution in [0.4, 0.5) is 10.1 Å². The summed E-state index contributed by atoms with van der Waals surface area (Å²) in [7, 11) is 0. The number of rotatable bonds is 2. The quantitative estimate of drug-likeness (QED) is 0.359. The number of aromatic nitrogens is 3. The van der Waals surface area contributed by atoms with Gasteiger partial charge in [0.1, 0.15) is 11.6 Å². The lowest BCUT2D eigenvalue weighted by Gasteiger charge is -2.36. The lowest BCUT2D eigenvalue weighted by atomic mass is 9.95. The molecule has 2 aromatic heterocycles. The van der Waals surface area contributed by atoms with Crippen LogP contribution in [0.1, 0.15) is 11.1 Å². The summed E-state index contributed by atoms with van der Waals surface area (Å²) in [4.78, 5) is 20.9. The van der Waals surface area contributed by atoms with Crippen LogP contribution < -0.4 is 4.90 Å². The molecule has 9 heteroatoms. The van der Waals surface area contributed by atoms with Crippen LogP contribution in [0.2, 0.25) is 0 Å². The van der Waals surface area contributed by atoms with E-state index < -0.39 is 5.82 Å². The molecule has 4 heterocycles. The molecule has 1 amide bonds. The van der Waals surface area contributed by atoms with Gasteiger partial charge in [-0.3, -0.25) is 9.78 Å². The van der Waals surface area contributed by atoms with E-state index in [9.17, 15) is 10.1 Å². The van der Waals surface area contributed by atoms with Gasteiger partial charge in [-0.25, -0.2) is 8.48 Å². The van der Waals surface area contributed by atoms with E-state index in [0.717, 1.165) is 26.9 Å². The summed E-state index contributed by atoms with van der Waals surface area (Å²) in [5.74, 6) is -0.509. The summed E-state index contributed by atoms with van der Waals surface area (Å²) in [6.45, 7) is 7.58. The summed E-state index contributed by atoms with van der Waals surface area (Å²) >= 11 is 1.37. The van der Waals surface area contributed by atoms with Crippen molar-refractivity contribution in [3.05, 3.63) is 60.2 Å². The first-order valence-corrected chi connectivity index (χ1v) is 11.7. The zero-order chi connectivity index (χ0) is 23.6. The predicted molar refractivity (Wildman–Crippen MR) is 130 cm³/mol. The summed E-state index contributed by atoms with van der Waals surface area (Å²) in [6, 6.07) is 8.12. The van der Waals surface area contributed by atoms with Gasteiger partial charge in [0.2, 0.25) is 5.91 Å². The predicted octanol–water partition coefficient (Wildman–Crippen LogP) is 4.27. The molecule has 0 bridgehead atoms. The Labute approximate surface area is 199 Å². The molecule has 4 aromatic rings. The fourth-order valence-electron chi connectivity index (χ4n) is 4.93. The Balaban J connectivity index is 1.55. The summed E-state index contributed by atoms with van der Waals surface area (Å²) < 4.78 is 18.0. The number of hydrogen-bond acceptors (Lipinski definition) is 6. The van der Waals surface area contributed by atoms with E-state index in [2.05, 4.69) is 22.7 Å².